The quantitative estimate of drug-likeness (QED) is 0.387. The number of carbonyl (C=O) groups is 1. The minimum atomic E-state index is -5.14. The van der Waals surface area contributed by atoms with Crippen LogP contribution in [0, 0.1) is 5.41 Å². The molecule has 7 heteroatoms. The van der Waals surface area contributed by atoms with Crippen molar-refractivity contribution < 1.29 is 27.8 Å². The van der Waals surface area contributed by atoms with Gasteiger partial charge >= 0.3 is 12.1 Å². The molecule has 0 saturated carbocycles. The molecule has 20 heavy (non-hydrogen) atoms. The normalized spacial score (nSPS) is 12.6. The minimum Gasteiger partial charge on any atom is -0.504 e. The summed E-state index contributed by atoms with van der Waals surface area (Å²) in [7, 11) is 0. The molecule has 0 saturated heterocycles. The van der Waals surface area contributed by atoms with Crippen molar-refractivity contribution in [2.24, 2.45) is 0 Å². The highest BCUT2D eigenvalue weighted by Gasteiger charge is 2.40. The molecule has 108 valence electrons. The standard InChI is InChI=1S/C13H12F3NO3/c1-2-20-12(19)9(11(18)13(14,15)16)10(17)8-6-4-3-5-7-8/h3-7,17-18H,2H2,1H3/b11-9+,17-10?. The summed E-state index contributed by atoms with van der Waals surface area (Å²) in [5.41, 5.74) is -1.89. The van der Waals surface area contributed by atoms with Gasteiger partial charge in [-0.3, -0.25) is 5.41 Å². The topological polar surface area (TPSA) is 70.4 Å². The van der Waals surface area contributed by atoms with Gasteiger partial charge in [0.15, 0.2) is 0 Å². The summed E-state index contributed by atoms with van der Waals surface area (Å²) in [6.45, 7) is 1.24. The second-order valence-electron chi connectivity index (χ2n) is 3.68. The highest BCUT2D eigenvalue weighted by atomic mass is 19.4. The van der Waals surface area contributed by atoms with Crippen molar-refractivity contribution in [3.63, 3.8) is 0 Å². The van der Waals surface area contributed by atoms with Gasteiger partial charge in [-0.15, -0.1) is 0 Å². The van der Waals surface area contributed by atoms with E-state index in [0.29, 0.717) is 0 Å². The SMILES string of the molecule is CCOC(=O)/C(C(=N)c1ccccc1)=C(/O)C(F)(F)F. The van der Waals surface area contributed by atoms with Crippen molar-refractivity contribution in [2.75, 3.05) is 6.61 Å². The zero-order valence-electron chi connectivity index (χ0n) is 10.5. The van der Waals surface area contributed by atoms with Gasteiger partial charge in [0.05, 0.1) is 12.3 Å². The van der Waals surface area contributed by atoms with Crippen LogP contribution in [-0.4, -0.2) is 29.6 Å². The molecule has 0 bridgehead atoms. The molecule has 1 aromatic rings. The molecular formula is C13H12F3NO3. The largest absolute Gasteiger partial charge is 0.504 e. The Morgan fingerprint density at radius 3 is 2.30 bits per heavy atom. The smallest absolute Gasteiger partial charge is 0.449 e. The van der Waals surface area contributed by atoms with E-state index in [2.05, 4.69) is 4.74 Å². The maximum Gasteiger partial charge on any atom is 0.449 e. The summed E-state index contributed by atoms with van der Waals surface area (Å²) < 4.78 is 42.2. The van der Waals surface area contributed by atoms with Crippen LogP contribution >= 0.6 is 0 Å². The average molecular weight is 287 g/mol. The highest BCUT2D eigenvalue weighted by Crippen LogP contribution is 2.28. The number of aliphatic hydroxyl groups excluding tert-OH is 1. The third-order valence-electron chi connectivity index (χ3n) is 2.30. The fourth-order valence-electron chi connectivity index (χ4n) is 1.41. The first-order chi connectivity index (χ1) is 9.29. The summed E-state index contributed by atoms with van der Waals surface area (Å²) in [6.07, 6.45) is -5.14. The Bertz CT molecular complexity index is 536. The van der Waals surface area contributed by atoms with Gasteiger partial charge in [-0.25, -0.2) is 4.79 Å². The zero-order chi connectivity index (χ0) is 15.3. The molecule has 1 rings (SSSR count). The van der Waals surface area contributed by atoms with Crippen LogP contribution in [0.25, 0.3) is 0 Å². The van der Waals surface area contributed by atoms with Gasteiger partial charge in [-0.1, -0.05) is 30.3 Å². The first-order valence-corrected chi connectivity index (χ1v) is 5.61. The van der Waals surface area contributed by atoms with Crippen LogP contribution in [0.3, 0.4) is 0 Å². The Kier molecular flexibility index (Phi) is 4.90. The Morgan fingerprint density at radius 1 is 1.30 bits per heavy atom. The van der Waals surface area contributed by atoms with E-state index in [0.717, 1.165) is 0 Å². The number of hydrogen-bond acceptors (Lipinski definition) is 4. The second-order valence-corrected chi connectivity index (χ2v) is 3.68. The number of rotatable bonds is 4. The Balaban J connectivity index is 3.33. The molecule has 4 nitrogen and oxygen atoms in total. The molecule has 0 spiro atoms. The van der Waals surface area contributed by atoms with Crippen LogP contribution < -0.4 is 0 Å². The van der Waals surface area contributed by atoms with Gasteiger partial charge in [-0.05, 0) is 6.92 Å². The predicted octanol–water partition coefficient (Wildman–Crippen LogP) is 2.99. The molecule has 0 atom stereocenters. The number of halogens is 3. The maximum atomic E-state index is 12.6. The summed E-state index contributed by atoms with van der Waals surface area (Å²) in [5, 5.41) is 16.9. The number of benzene rings is 1. The molecule has 0 amide bonds. The Morgan fingerprint density at radius 2 is 1.85 bits per heavy atom. The molecule has 0 aliphatic carbocycles. The Labute approximate surface area is 113 Å². The van der Waals surface area contributed by atoms with E-state index in [1.54, 1.807) is 6.07 Å². The van der Waals surface area contributed by atoms with E-state index >= 15 is 0 Å². The number of nitrogens with one attached hydrogen (secondary N) is 1. The summed E-state index contributed by atoms with van der Waals surface area (Å²) >= 11 is 0. The van der Waals surface area contributed by atoms with Gasteiger partial charge in [0.2, 0.25) is 5.76 Å². The number of carbonyl (C=O) groups excluding carboxylic acids is 1. The molecule has 1 aromatic carbocycles. The van der Waals surface area contributed by atoms with Crippen molar-refractivity contribution in [3.05, 3.63) is 47.2 Å². The molecule has 2 N–H and O–H groups in total. The number of esters is 1. The summed E-state index contributed by atoms with van der Waals surface area (Å²) in [6, 6.07) is 7.30. The molecular weight excluding hydrogens is 275 g/mol. The van der Waals surface area contributed by atoms with E-state index in [4.69, 9.17) is 5.41 Å². The first kappa shape index (κ1) is 15.7. The minimum absolute atomic E-state index is 0.0614. The summed E-state index contributed by atoms with van der Waals surface area (Å²) in [5.74, 6) is -3.53. The van der Waals surface area contributed by atoms with Crippen LogP contribution in [0.2, 0.25) is 0 Å². The number of hydrogen-bond donors (Lipinski definition) is 2. The molecule has 0 aliphatic rings. The molecule has 0 aromatic heterocycles. The summed E-state index contributed by atoms with van der Waals surface area (Å²) in [4.78, 5) is 11.6. The third-order valence-corrected chi connectivity index (χ3v) is 2.30. The van der Waals surface area contributed by atoms with Crippen LogP contribution in [0.1, 0.15) is 12.5 Å². The van der Waals surface area contributed by atoms with E-state index in [1.165, 1.54) is 31.2 Å². The van der Waals surface area contributed by atoms with Crippen molar-refractivity contribution >= 4 is 11.7 Å². The maximum absolute atomic E-state index is 12.6. The van der Waals surface area contributed by atoms with Crippen LogP contribution in [0.15, 0.2) is 41.7 Å². The lowest BCUT2D eigenvalue weighted by molar-refractivity contribution is -0.141. The van der Waals surface area contributed by atoms with Crippen molar-refractivity contribution in [2.45, 2.75) is 13.1 Å². The van der Waals surface area contributed by atoms with Crippen LogP contribution in [0.5, 0.6) is 0 Å². The van der Waals surface area contributed by atoms with Crippen LogP contribution in [-0.2, 0) is 9.53 Å². The lowest BCUT2D eigenvalue weighted by Crippen LogP contribution is -2.24. The van der Waals surface area contributed by atoms with E-state index in [9.17, 15) is 23.1 Å². The lowest BCUT2D eigenvalue weighted by Gasteiger charge is -2.13. The highest BCUT2D eigenvalue weighted by molar-refractivity contribution is 6.25. The number of allylic oxidation sites excluding steroid dienone is 1. The number of aliphatic hydroxyl groups is 1. The second kappa shape index (κ2) is 6.23. The molecule has 0 fully saturated rings. The van der Waals surface area contributed by atoms with E-state index in [-0.39, 0.29) is 12.2 Å². The van der Waals surface area contributed by atoms with Crippen molar-refractivity contribution in [3.8, 4) is 0 Å². The molecule has 0 aliphatic heterocycles. The van der Waals surface area contributed by atoms with Crippen molar-refractivity contribution in [1.82, 2.24) is 0 Å². The monoisotopic (exact) mass is 287 g/mol. The van der Waals surface area contributed by atoms with E-state index < -0.39 is 29.2 Å². The fourth-order valence-corrected chi connectivity index (χ4v) is 1.41. The predicted molar refractivity (Wildman–Crippen MR) is 65.6 cm³/mol. The van der Waals surface area contributed by atoms with Gasteiger partial charge in [0.25, 0.3) is 0 Å². The van der Waals surface area contributed by atoms with Gasteiger partial charge in [0, 0.05) is 5.56 Å². The van der Waals surface area contributed by atoms with Gasteiger partial charge in [0.1, 0.15) is 5.57 Å². The van der Waals surface area contributed by atoms with Crippen LogP contribution in [0.4, 0.5) is 13.2 Å². The molecule has 0 unspecified atom stereocenters. The molecule has 0 radical (unpaired) electrons. The zero-order valence-corrected chi connectivity index (χ0v) is 10.5. The van der Waals surface area contributed by atoms with Gasteiger partial charge in [-0.2, -0.15) is 13.2 Å². The van der Waals surface area contributed by atoms with Crippen molar-refractivity contribution in [1.29, 1.82) is 5.41 Å². The first-order valence-electron chi connectivity index (χ1n) is 5.61. The average Bonchev–Trinajstić information content (AvgIpc) is 2.39. The number of alkyl halides is 3. The Hall–Kier alpha value is -2.31. The third kappa shape index (κ3) is 3.59. The fraction of sp³-hybridized carbons (Fsp3) is 0.231. The molecule has 0 heterocycles. The van der Waals surface area contributed by atoms with E-state index in [1.807, 2.05) is 0 Å². The lowest BCUT2D eigenvalue weighted by atomic mass is 10.0. The van der Waals surface area contributed by atoms with Gasteiger partial charge < -0.3 is 9.84 Å². The number of ether oxygens (including phenoxy) is 1.